The van der Waals surface area contributed by atoms with E-state index in [-0.39, 0.29) is 46.0 Å². The van der Waals surface area contributed by atoms with Gasteiger partial charge in [0.15, 0.2) is 6.29 Å². The van der Waals surface area contributed by atoms with Crippen LogP contribution < -0.4 is 29.6 Å². The number of pyridine rings is 3. The van der Waals surface area contributed by atoms with Gasteiger partial charge in [-0.3, -0.25) is 4.79 Å². The molecule has 3 heterocycles. The quantitative estimate of drug-likeness (QED) is 0.233. The Labute approximate surface area is 266 Å². The van der Waals surface area contributed by atoms with Crippen molar-refractivity contribution in [2.45, 2.75) is 6.61 Å². The number of aliphatic hydroxyl groups is 2. The fourth-order valence-electron chi connectivity index (χ4n) is 1.49. The first-order chi connectivity index (χ1) is 14.7. The molecule has 0 saturated carbocycles. The second-order valence-electron chi connectivity index (χ2n) is 4.84. The number of hydrogen-bond acceptors (Lipinski definition) is 6. The summed E-state index contributed by atoms with van der Waals surface area (Å²) >= 11 is 29.5. The summed E-state index contributed by atoms with van der Waals surface area (Å²) in [6.07, 6.45) is 5.27. The third-order valence-electron chi connectivity index (χ3n) is 2.77. The number of rotatable bonds is 2. The maximum absolute atomic E-state index is 10.3. The van der Waals surface area contributed by atoms with E-state index >= 15 is 0 Å². The molecule has 3 aromatic rings. The summed E-state index contributed by atoms with van der Waals surface area (Å²) in [5, 5.41) is 17.3. The van der Waals surface area contributed by atoms with Crippen LogP contribution in [0.3, 0.4) is 0 Å². The number of hydrogen-bond donors (Lipinski definition) is 2. The van der Waals surface area contributed by atoms with Crippen LogP contribution in [0, 0.1) is 0 Å². The molecule has 0 spiro atoms. The average molecular weight is 781 g/mol. The smallest absolute Gasteiger partial charge is 1.00 e. The van der Waals surface area contributed by atoms with Gasteiger partial charge in [0, 0.05) is 45.2 Å². The van der Waals surface area contributed by atoms with Crippen LogP contribution in [0.5, 0.6) is 0 Å². The largest absolute Gasteiger partial charge is 1.00 e. The zero-order valence-electron chi connectivity index (χ0n) is 18.1. The standard InChI is InChI=1S/C6H5BrClNO.C6H3BrClNO.C5H2Br2ClN.CH4O.B.Na.H/c2*7-6-4(3-10)1-5(8)2-9-6;6-4-1-3(8)2-9-5(4)7;1-2;;;/h1-2,10H,3H2;1-3H;1-2H;2H,1H3;;;/q;;;;;+1;-1. The maximum atomic E-state index is 10.3. The SMILES string of the molecule is CO.Clc1cnc(Br)c(Br)c1.O=Cc1cc(Cl)cnc1Br.OCc1cc(Cl)cnc1Br.[B].[H-].[Na+]. The number of carbonyl (C=O) groups excluding carboxylic acids is 1. The Hall–Kier alpha value is 0.895. The number of aromatic nitrogens is 3. The normalized spacial score (nSPS) is 8.67. The predicted octanol–water partition coefficient (Wildman–Crippen LogP) is 3.90. The Kier molecular flexibility index (Phi) is 25.8. The predicted molar refractivity (Wildman–Crippen MR) is 145 cm³/mol. The molecule has 0 atom stereocenters. The monoisotopic (exact) mass is 776 g/mol. The fraction of sp³-hybridized carbons (Fsp3) is 0.111. The maximum Gasteiger partial charge on any atom is 1.00 e. The van der Waals surface area contributed by atoms with Gasteiger partial charge in [0.2, 0.25) is 0 Å². The van der Waals surface area contributed by atoms with Gasteiger partial charge in [-0.2, -0.15) is 0 Å². The summed E-state index contributed by atoms with van der Waals surface area (Å²) in [7, 11) is 1.00. The molecule has 0 unspecified atom stereocenters. The van der Waals surface area contributed by atoms with Gasteiger partial charge >= 0.3 is 29.6 Å². The molecule has 3 rings (SSSR count). The summed E-state index contributed by atoms with van der Waals surface area (Å²) in [5.74, 6) is 0. The first-order valence-corrected chi connectivity index (χ1v) is 12.1. The van der Waals surface area contributed by atoms with Crippen molar-refractivity contribution in [3.05, 3.63) is 81.3 Å². The molecule has 0 amide bonds. The van der Waals surface area contributed by atoms with Gasteiger partial charge in [0.25, 0.3) is 0 Å². The third kappa shape index (κ3) is 16.3. The van der Waals surface area contributed by atoms with Crippen LogP contribution in [0.15, 0.2) is 55.1 Å². The summed E-state index contributed by atoms with van der Waals surface area (Å²) in [5.41, 5.74) is 1.17. The van der Waals surface area contributed by atoms with Gasteiger partial charge in [-0.1, -0.05) is 34.8 Å². The molecule has 3 radical (unpaired) electrons. The van der Waals surface area contributed by atoms with Gasteiger partial charge < -0.3 is 11.6 Å². The third-order valence-corrected chi connectivity index (χ3v) is 6.54. The van der Waals surface area contributed by atoms with Crippen molar-refractivity contribution in [1.82, 2.24) is 15.0 Å². The van der Waals surface area contributed by atoms with E-state index in [1.807, 2.05) is 0 Å². The first kappa shape index (κ1) is 38.4. The molecule has 2 N–H and O–H groups in total. The van der Waals surface area contributed by atoms with E-state index in [1.54, 1.807) is 24.4 Å². The molecule has 0 aromatic carbocycles. The summed E-state index contributed by atoms with van der Waals surface area (Å²) < 4.78 is 2.80. The van der Waals surface area contributed by atoms with E-state index in [9.17, 15) is 4.79 Å². The molecule has 0 fully saturated rings. The van der Waals surface area contributed by atoms with Crippen LogP contribution >= 0.6 is 98.5 Å². The van der Waals surface area contributed by atoms with E-state index in [1.165, 1.54) is 12.4 Å². The second kappa shape index (κ2) is 22.1. The molecular formula is C18H15BBr4Cl3N3NaO3. The molecule has 0 aliphatic heterocycles. The Balaban J connectivity index is -0.000000184. The summed E-state index contributed by atoms with van der Waals surface area (Å²) in [4.78, 5) is 21.8. The minimum atomic E-state index is -0.0475. The minimum Gasteiger partial charge on any atom is -1.00 e. The molecule has 0 bridgehead atoms. The number of halogens is 7. The number of aldehydes is 1. The Morgan fingerprint density at radius 2 is 1.27 bits per heavy atom. The average Bonchev–Trinajstić information content (AvgIpc) is 2.76. The van der Waals surface area contributed by atoms with E-state index in [4.69, 9.17) is 45.0 Å². The second-order valence-corrected chi connectivity index (χ2v) is 9.26. The molecule has 6 nitrogen and oxygen atoms in total. The first-order valence-electron chi connectivity index (χ1n) is 7.76. The van der Waals surface area contributed by atoms with E-state index in [0.29, 0.717) is 41.7 Å². The fourth-order valence-corrected chi connectivity index (χ4v) is 3.35. The van der Waals surface area contributed by atoms with Crippen molar-refractivity contribution in [3.8, 4) is 0 Å². The molecule has 0 saturated heterocycles. The summed E-state index contributed by atoms with van der Waals surface area (Å²) in [6.45, 7) is -0.0475. The van der Waals surface area contributed by atoms with Crippen LogP contribution in [-0.4, -0.2) is 47.0 Å². The van der Waals surface area contributed by atoms with Crippen LogP contribution in [0.2, 0.25) is 15.1 Å². The Bertz CT molecular complexity index is 1000. The van der Waals surface area contributed by atoms with Crippen molar-refractivity contribution in [2.75, 3.05) is 7.11 Å². The van der Waals surface area contributed by atoms with Crippen molar-refractivity contribution < 1.29 is 46.0 Å². The van der Waals surface area contributed by atoms with Gasteiger partial charge in [0.1, 0.15) is 13.8 Å². The van der Waals surface area contributed by atoms with Crippen molar-refractivity contribution in [1.29, 1.82) is 0 Å². The Morgan fingerprint density at radius 1 is 0.848 bits per heavy atom. The van der Waals surface area contributed by atoms with Gasteiger partial charge in [-0.25, -0.2) is 15.0 Å². The molecule has 33 heavy (non-hydrogen) atoms. The molecular weight excluding hydrogens is 766 g/mol. The minimum absolute atomic E-state index is 0. The van der Waals surface area contributed by atoms with Gasteiger partial charge in [-0.05, 0) is 81.9 Å². The van der Waals surface area contributed by atoms with Crippen LogP contribution in [0.25, 0.3) is 0 Å². The zero-order chi connectivity index (χ0) is 24.0. The van der Waals surface area contributed by atoms with Crippen molar-refractivity contribution in [2.24, 2.45) is 0 Å². The number of carbonyl (C=O) groups is 1. The number of nitrogens with zero attached hydrogens (tertiary/aromatic N) is 3. The van der Waals surface area contributed by atoms with E-state index < -0.39 is 0 Å². The molecule has 15 heteroatoms. The van der Waals surface area contributed by atoms with Gasteiger partial charge in [0.05, 0.1) is 26.1 Å². The topological polar surface area (TPSA) is 96.2 Å². The van der Waals surface area contributed by atoms with Gasteiger partial charge in [-0.15, -0.1) is 0 Å². The van der Waals surface area contributed by atoms with E-state index in [0.717, 1.165) is 16.2 Å². The molecule has 3 aromatic heterocycles. The molecule has 0 aliphatic rings. The van der Waals surface area contributed by atoms with Crippen LogP contribution in [0.1, 0.15) is 17.3 Å². The van der Waals surface area contributed by atoms with Crippen LogP contribution in [0.4, 0.5) is 0 Å². The molecule has 173 valence electrons. The number of aliphatic hydroxyl groups excluding tert-OH is 2. The molecule has 0 aliphatic carbocycles. The van der Waals surface area contributed by atoms with Crippen LogP contribution in [-0.2, 0) is 6.61 Å². The summed E-state index contributed by atoms with van der Waals surface area (Å²) in [6, 6.07) is 4.99. The zero-order valence-corrected chi connectivity index (χ0v) is 27.7. The van der Waals surface area contributed by atoms with E-state index in [2.05, 4.69) is 78.7 Å². The Morgan fingerprint density at radius 3 is 1.64 bits per heavy atom. The van der Waals surface area contributed by atoms with Crippen molar-refractivity contribution in [3.63, 3.8) is 0 Å². The van der Waals surface area contributed by atoms with Crippen molar-refractivity contribution >= 4 is 113 Å².